The fourth-order valence-electron chi connectivity index (χ4n) is 7.18. The van der Waals surface area contributed by atoms with Gasteiger partial charge < -0.3 is 39.9 Å². The lowest BCUT2D eigenvalue weighted by molar-refractivity contribution is -0.220. The van der Waals surface area contributed by atoms with Gasteiger partial charge in [-0.1, -0.05) is 174 Å². The Kier molecular flexibility index (Phi) is 34.0. The molecule has 1 saturated carbocycles. The monoisotopic (exact) mass is 837 g/mol. The van der Waals surface area contributed by atoms with Crippen LogP contribution in [0.3, 0.4) is 0 Å². The molecule has 6 N–H and O–H groups in total. The third-order valence-corrected chi connectivity index (χ3v) is 11.9. The highest BCUT2D eigenvalue weighted by molar-refractivity contribution is 7.47. The van der Waals surface area contributed by atoms with E-state index < -0.39 is 63.1 Å². The zero-order chi connectivity index (χ0) is 42.0. The standard InChI is InChI=1S/C44H85O12P/c1-3-5-7-9-11-13-15-16-17-18-19-20-21-22-23-25-27-29-31-33-38(45)55-37(35-53-34-32-30-28-26-24-14-12-10-8-6-4-2)36-54-57(51,52)56-44-42(49)40(47)39(46)41(48)43(44)50/h8,10,37,39-44,46-50H,3-7,9,11-36H2,1-2H3,(H,51,52)/b10-8-. The molecular weight excluding hydrogens is 751 g/mol. The number of allylic oxidation sites excluding steroid dienone is 2. The maximum absolute atomic E-state index is 12.8. The van der Waals surface area contributed by atoms with Crippen molar-refractivity contribution in [1.29, 1.82) is 0 Å². The van der Waals surface area contributed by atoms with Crippen molar-refractivity contribution in [1.82, 2.24) is 0 Å². The molecule has 1 aliphatic rings. The van der Waals surface area contributed by atoms with Gasteiger partial charge in [-0.05, 0) is 32.1 Å². The van der Waals surface area contributed by atoms with E-state index >= 15 is 0 Å². The Bertz CT molecular complexity index is 1000. The summed E-state index contributed by atoms with van der Waals surface area (Å²) in [5.74, 6) is -0.476. The highest BCUT2D eigenvalue weighted by Gasteiger charge is 2.51. The molecule has 0 aromatic heterocycles. The predicted octanol–water partition coefficient (Wildman–Crippen LogP) is 9.14. The number of ether oxygens (including phenoxy) is 2. The molecule has 0 radical (unpaired) electrons. The van der Waals surface area contributed by atoms with E-state index in [0.717, 1.165) is 57.8 Å². The number of aliphatic hydroxyl groups excluding tert-OH is 5. The van der Waals surface area contributed by atoms with Crippen molar-refractivity contribution in [3.63, 3.8) is 0 Å². The van der Waals surface area contributed by atoms with Crippen LogP contribution >= 0.6 is 7.82 Å². The molecule has 12 nitrogen and oxygen atoms in total. The normalized spacial score (nSPS) is 22.9. The van der Waals surface area contributed by atoms with Gasteiger partial charge in [-0.15, -0.1) is 0 Å². The molecular formula is C44H85O12P. The second kappa shape index (κ2) is 35.8. The van der Waals surface area contributed by atoms with Gasteiger partial charge in [0.15, 0.2) is 0 Å². The van der Waals surface area contributed by atoms with Crippen molar-refractivity contribution in [2.75, 3.05) is 19.8 Å². The Labute approximate surface area is 346 Å². The first-order valence-electron chi connectivity index (χ1n) is 23.0. The molecule has 1 rings (SSSR count). The number of carbonyl (C=O) groups is 1. The maximum atomic E-state index is 12.8. The molecule has 0 amide bonds. The van der Waals surface area contributed by atoms with E-state index in [1.54, 1.807) is 0 Å². The fraction of sp³-hybridized carbons (Fsp3) is 0.932. The molecule has 6 unspecified atom stereocenters. The van der Waals surface area contributed by atoms with Crippen molar-refractivity contribution in [3.05, 3.63) is 12.2 Å². The Balaban J connectivity index is 2.35. The number of carbonyl (C=O) groups excluding carboxylic acids is 1. The highest BCUT2D eigenvalue weighted by atomic mass is 31.2. The van der Waals surface area contributed by atoms with Gasteiger partial charge >= 0.3 is 13.8 Å². The molecule has 0 saturated heterocycles. The van der Waals surface area contributed by atoms with Crippen LogP contribution in [-0.2, 0) is 27.9 Å². The summed E-state index contributed by atoms with van der Waals surface area (Å²) in [6.45, 7) is 4.21. The predicted molar refractivity (Wildman–Crippen MR) is 226 cm³/mol. The van der Waals surface area contributed by atoms with E-state index in [9.17, 15) is 39.8 Å². The van der Waals surface area contributed by atoms with Crippen molar-refractivity contribution < 1.29 is 58.3 Å². The molecule has 0 bridgehead atoms. The van der Waals surface area contributed by atoms with E-state index in [1.807, 2.05) is 0 Å². The van der Waals surface area contributed by atoms with Crippen molar-refractivity contribution in [3.8, 4) is 0 Å². The minimum Gasteiger partial charge on any atom is -0.457 e. The number of phosphoric acid groups is 1. The first-order valence-corrected chi connectivity index (χ1v) is 24.5. The van der Waals surface area contributed by atoms with E-state index in [0.29, 0.717) is 13.0 Å². The van der Waals surface area contributed by atoms with Crippen LogP contribution < -0.4 is 0 Å². The molecule has 0 heterocycles. The summed E-state index contributed by atoms with van der Waals surface area (Å²) in [6.07, 6.45) is 25.8. The zero-order valence-corrected chi connectivity index (χ0v) is 36.8. The number of phosphoric ester groups is 1. The molecule has 1 aliphatic carbocycles. The summed E-state index contributed by atoms with van der Waals surface area (Å²) >= 11 is 0. The fourth-order valence-corrected chi connectivity index (χ4v) is 8.15. The lowest BCUT2D eigenvalue weighted by atomic mass is 9.85. The molecule has 338 valence electrons. The van der Waals surface area contributed by atoms with Crippen molar-refractivity contribution in [2.45, 2.75) is 243 Å². The van der Waals surface area contributed by atoms with E-state index in [4.69, 9.17) is 18.5 Å². The summed E-state index contributed by atoms with van der Waals surface area (Å²) in [7, 11) is -5.01. The molecule has 0 aromatic rings. The molecule has 6 atom stereocenters. The van der Waals surface area contributed by atoms with E-state index in [-0.39, 0.29) is 13.0 Å². The van der Waals surface area contributed by atoms with Crippen molar-refractivity contribution >= 4 is 13.8 Å². The lowest BCUT2D eigenvalue weighted by Gasteiger charge is -2.41. The smallest absolute Gasteiger partial charge is 0.457 e. The zero-order valence-electron chi connectivity index (χ0n) is 35.9. The molecule has 0 aromatic carbocycles. The summed E-state index contributed by atoms with van der Waals surface area (Å²) in [5, 5.41) is 50.1. The topological polar surface area (TPSA) is 192 Å². The van der Waals surface area contributed by atoms with Crippen LogP contribution in [0.1, 0.15) is 200 Å². The first kappa shape index (κ1) is 54.1. The van der Waals surface area contributed by atoms with Crippen LogP contribution in [0.15, 0.2) is 12.2 Å². The first-order chi connectivity index (χ1) is 27.5. The number of esters is 1. The van der Waals surface area contributed by atoms with Crippen LogP contribution in [-0.4, -0.2) is 98.9 Å². The lowest BCUT2D eigenvalue weighted by Crippen LogP contribution is -2.64. The molecule has 57 heavy (non-hydrogen) atoms. The minimum absolute atomic E-state index is 0.0761. The van der Waals surface area contributed by atoms with Crippen LogP contribution in [0.4, 0.5) is 0 Å². The van der Waals surface area contributed by atoms with E-state index in [2.05, 4.69) is 26.0 Å². The second-order valence-corrected chi connectivity index (χ2v) is 17.7. The summed E-state index contributed by atoms with van der Waals surface area (Å²) in [4.78, 5) is 23.1. The molecule has 1 fully saturated rings. The van der Waals surface area contributed by atoms with Crippen LogP contribution in [0, 0.1) is 0 Å². The quantitative estimate of drug-likeness (QED) is 0.0149. The Hall–Kier alpha value is -0.920. The van der Waals surface area contributed by atoms with Gasteiger partial charge in [-0.3, -0.25) is 13.8 Å². The van der Waals surface area contributed by atoms with Gasteiger partial charge in [0, 0.05) is 13.0 Å². The Morgan fingerprint density at radius 3 is 1.46 bits per heavy atom. The number of unbranched alkanes of at least 4 members (excludes halogenated alkanes) is 25. The van der Waals surface area contributed by atoms with Gasteiger partial charge in [-0.25, -0.2) is 4.57 Å². The highest BCUT2D eigenvalue weighted by Crippen LogP contribution is 2.47. The van der Waals surface area contributed by atoms with Crippen LogP contribution in [0.5, 0.6) is 0 Å². The van der Waals surface area contributed by atoms with Crippen LogP contribution in [0.25, 0.3) is 0 Å². The van der Waals surface area contributed by atoms with Gasteiger partial charge in [0.2, 0.25) is 0 Å². The minimum atomic E-state index is -5.01. The van der Waals surface area contributed by atoms with Gasteiger partial charge in [0.05, 0.1) is 13.2 Å². The van der Waals surface area contributed by atoms with E-state index in [1.165, 1.54) is 116 Å². The largest absolute Gasteiger partial charge is 0.472 e. The SMILES string of the molecule is CCC/C=C\CCCCCCCCOCC(COP(=O)(O)OC1C(O)C(O)C(O)C(O)C1O)OC(=O)CCCCCCCCCCCCCCCCCCCCC. The maximum Gasteiger partial charge on any atom is 0.472 e. The molecule has 0 aliphatic heterocycles. The Morgan fingerprint density at radius 1 is 0.544 bits per heavy atom. The number of hydrogen-bond donors (Lipinski definition) is 6. The molecule has 0 spiro atoms. The summed E-state index contributed by atoms with van der Waals surface area (Å²) < 4.78 is 34.1. The van der Waals surface area contributed by atoms with Crippen LogP contribution in [0.2, 0.25) is 0 Å². The number of hydrogen-bond acceptors (Lipinski definition) is 11. The number of aliphatic hydroxyl groups is 5. The number of rotatable bonds is 39. The van der Waals surface area contributed by atoms with Crippen molar-refractivity contribution in [2.24, 2.45) is 0 Å². The van der Waals surface area contributed by atoms with Gasteiger partial charge in [0.25, 0.3) is 0 Å². The second-order valence-electron chi connectivity index (χ2n) is 16.3. The molecule has 13 heteroatoms. The Morgan fingerprint density at radius 2 is 0.965 bits per heavy atom. The summed E-state index contributed by atoms with van der Waals surface area (Å²) in [6, 6.07) is 0. The third-order valence-electron chi connectivity index (χ3n) is 10.9. The average molecular weight is 837 g/mol. The van der Waals surface area contributed by atoms with Gasteiger partial charge in [0.1, 0.15) is 42.7 Å². The van der Waals surface area contributed by atoms with Gasteiger partial charge in [-0.2, -0.15) is 0 Å². The summed E-state index contributed by atoms with van der Waals surface area (Å²) in [5.41, 5.74) is 0. The average Bonchev–Trinajstić information content (AvgIpc) is 3.19. The third kappa shape index (κ3) is 28.3.